The van der Waals surface area contributed by atoms with Crippen LogP contribution in [0.3, 0.4) is 0 Å². The summed E-state index contributed by atoms with van der Waals surface area (Å²) in [7, 11) is 0. The van der Waals surface area contributed by atoms with Crippen molar-refractivity contribution in [3.8, 4) is 0 Å². The maximum atomic E-state index is 7.50. The summed E-state index contributed by atoms with van der Waals surface area (Å²) < 4.78 is 43.3. The van der Waals surface area contributed by atoms with Gasteiger partial charge in [0.2, 0.25) is 0 Å². The Labute approximate surface area is 114 Å². The Morgan fingerprint density at radius 1 is 0.944 bits per heavy atom. The minimum atomic E-state index is 0.792. The van der Waals surface area contributed by atoms with Gasteiger partial charge in [-0.05, 0) is 0 Å². The maximum absolute atomic E-state index is 7.50. The second kappa shape index (κ2) is 45.1. The Hall–Kier alpha value is -1.50. The van der Waals surface area contributed by atoms with Crippen LogP contribution >= 0.6 is 0 Å². The van der Waals surface area contributed by atoms with Crippen molar-refractivity contribution in [3.63, 3.8) is 0 Å². The molecule has 0 amide bonds. The first kappa shape index (κ1) is 30.0. The van der Waals surface area contributed by atoms with Crippen LogP contribution in [0.5, 0.6) is 0 Å². The zero-order valence-electron chi connectivity index (χ0n) is 8.67. The van der Waals surface area contributed by atoms with Gasteiger partial charge in [-0.15, -0.1) is 0 Å². The third kappa shape index (κ3) is 29.3. The second-order valence-electron chi connectivity index (χ2n) is 1.34. The minimum absolute atomic E-state index is 0.792. The van der Waals surface area contributed by atoms with Crippen molar-refractivity contribution >= 4 is 4.02 Å². The molecule has 1 aromatic rings. The number of nitrogens with two attached hydrogens (primary N) is 1. The molecule has 0 atom stereocenters. The molecule has 1 rings (SSSR count). The van der Waals surface area contributed by atoms with E-state index in [-0.39, 0.29) is 0 Å². The van der Waals surface area contributed by atoms with Gasteiger partial charge in [0.25, 0.3) is 0 Å². The van der Waals surface area contributed by atoms with Crippen LogP contribution in [0.4, 0.5) is 0 Å². The topological polar surface area (TPSA) is 139 Å². The molecule has 92 valence electrons. The Morgan fingerprint density at radius 2 is 1.28 bits per heavy atom. The number of hydrogen-bond acceptors (Lipinski definition) is 2. The summed E-state index contributed by atoms with van der Waals surface area (Å²) in [5, 5.41) is 0. The van der Waals surface area contributed by atoms with Crippen LogP contribution in [0.1, 0.15) is 5.76 Å². The third-order valence-electron chi connectivity index (χ3n) is 0.764. The summed E-state index contributed by atoms with van der Waals surface area (Å²) in [6.45, 7) is 22.5. The van der Waals surface area contributed by atoms with E-state index in [9.17, 15) is 0 Å². The van der Waals surface area contributed by atoms with Crippen molar-refractivity contribution in [2.45, 2.75) is 0 Å². The van der Waals surface area contributed by atoms with Crippen LogP contribution in [0.25, 0.3) is 0 Å². The van der Waals surface area contributed by atoms with E-state index >= 15 is 0 Å². The SMILES string of the molecule is N[C](=[W])c1ccco1.[C-]#[O+].[C-]#[O+].[C-]#[O+].[C-]#[O+].[C-]#[O+]. The molecular weight excluding hydrogens is 414 g/mol. The molecule has 0 aliphatic carbocycles. The van der Waals surface area contributed by atoms with Gasteiger partial charge in [0, 0.05) is 0 Å². The summed E-state index contributed by atoms with van der Waals surface area (Å²) in [6, 6.07) is 3.67. The molecule has 0 aliphatic rings. The van der Waals surface area contributed by atoms with E-state index < -0.39 is 0 Å². The van der Waals surface area contributed by atoms with Gasteiger partial charge in [0.05, 0.1) is 0 Å². The van der Waals surface area contributed by atoms with Gasteiger partial charge in [-0.25, -0.2) is 0 Å². The molecular formula is C10H5NO6W. The molecule has 1 heterocycles. The van der Waals surface area contributed by atoms with Crippen molar-refractivity contribution < 1.29 is 47.0 Å². The second-order valence-corrected chi connectivity index (χ2v) is 2.92. The Bertz CT molecular complexity index is 325. The summed E-state index contributed by atoms with van der Waals surface area (Å²) in [5.74, 6) is 0.792. The third-order valence-corrected chi connectivity index (χ3v) is 1.49. The predicted molar refractivity (Wildman–Crippen MR) is 46.7 cm³/mol. The Kier molecular flexibility index (Phi) is 75.1. The number of hydrogen-bond donors (Lipinski definition) is 1. The molecule has 0 bridgehead atoms. The zero-order chi connectivity index (χ0) is 16.0. The van der Waals surface area contributed by atoms with Gasteiger partial charge in [-0.1, -0.05) is 0 Å². The van der Waals surface area contributed by atoms with E-state index in [0.29, 0.717) is 0 Å². The fraction of sp³-hybridized carbons (Fsp3) is 0. The number of furan rings is 1. The summed E-state index contributed by atoms with van der Waals surface area (Å²) >= 11 is 1.25. The molecule has 0 aromatic carbocycles. The van der Waals surface area contributed by atoms with E-state index in [0.717, 1.165) is 9.78 Å². The molecule has 0 saturated heterocycles. The van der Waals surface area contributed by atoms with Crippen LogP contribution in [0.15, 0.2) is 22.8 Å². The van der Waals surface area contributed by atoms with Gasteiger partial charge in [0.15, 0.2) is 0 Å². The molecule has 0 fully saturated rings. The van der Waals surface area contributed by atoms with Gasteiger partial charge < -0.3 is 0 Å². The molecule has 1 aromatic heterocycles. The predicted octanol–water partition coefficient (Wildman–Crippen LogP) is 0.0756. The molecule has 18 heavy (non-hydrogen) atoms. The van der Waals surface area contributed by atoms with E-state index in [2.05, 4.69) is 33.3 Å². The van der Waals surface area contributed by atoms with Crippen molar-refractivity contribution in [2.24, 2.45) is 5.73 Å². The quantitative estimate of drug-likeness (QED) is 0.509. The first-order valence-electron chi connectivity index (χ1n) is 3.16. The van der Waals surface area contributed by atoms with Crippen molar-refractivity contribution in [3.05, 3.63) is 57.4 Å². The van der Waals surface area contributed by atoms with E-state index in [1.165, 1.54) is 19.4 Å². The summed E-state index contributed by atoms with van der Waals surface area (Å²) in [4.78, 5) is 0. The van der Waals surface area contributed by atoms with Gasteiger partial charge in [-0.3, -0.25) is 0 Å². The summed E-state index contributed by atoms with van der Waals surface area (Å²) in [5.41, 5.74) is 5.42. The molecule has 0 spiro atoms. The van der Waals surface area contributed by atoms with Crippen LogP contribution < -0.4 is 5.73 Å². The molecule has 2 N–H and O–H groups in total. The van der Waals surface area contributed by atoms with Crippen molar-refractivity contribution in [2.75, 3.05) is 0 Å². The fourth-order valence-electron chi connectivity index (χ4n) is 0.419. The molecule has 7 nitrogen and oxygen atoms in total. The first-order valence-corrected chi connectivity index (χ1v) is 4.63. The van der Waals surface area contributed by atoms with Crippen LogP contribution in [-0.4, -0.2) is 4.02 Å². The Morgan fingerprint density at radius 3 is 1.39 bits per heavy atom. The average Bonchev–Trinajstić information content (AvgIpc) is 3.04. The normalized spacial score (nSPS) is 4.61. The van der Waals surface area contributed by atoms with Crippen LogP contribution in [-0.2, 0) is 42.6 Å². The standard InChI is InChI=1S/C5H5NO.5CO.W/c6-4-5-2-1-3-7-5;5*1-2;/h1-3H,6H2;;;;;;. The molecule has 0 radical (unpaired) electrons. The number of rotatable bonds is 1. The monoisotopic (exact) mass is 419 g/mol. The molecule has 8 heteroatoms. The summed E-state index contributed by atoms with van der Waals surface area (Å²) in [6.07, 6.45) is 1.62. The van der Waals surface area contributed by atoms with E-state index in [1.54, 1.807) is 6.26 Å². The van der Waals surface area contributed by atoms with Crippen LogP contribution in [0.2, 0.25) is 0 Å². The Balaban J connectivity index is -0.0000000482. The fourth-order valence-corrected chi connectivity index (χ4v) is 0.836. The molecule has 0 unspecified atom stereocenters. The van der Waals surface area contributed by atoms with Crippen molar-refractivity contribution in [1.29, 1.82) is 0 Å². The molecule has 0 saturated carbocycles. The van der Waals surface area contributed by atoms with Gasteiger partial charge >= 0.3 is 114 Å². The molecule has 0 aliphatic heterocycles. The average molecular weight is 419 g/mol. The van der Waals surface area contributed by atoms with Gasteiger partial charge in [-0.2, -0.15) is 0 Å². The van der Waals surface area contributed by atoms with E-state index in [4.69, 9.17) is 33.4 Å². The van der Waals surface area contributed by atoms with E-state index in [1.807, 2.05) is 12.1 Å². The zero-order valence-corrected chi connectivity index (χ0v) is 11.6. The van der Waals surface area contributed by atoms with Crippen molar-refractivity contribution in [1.82, 2.24) is 0 Å². The van der Waals surface area contributed by atoms with Crippen LogP contribution in [0, 0.1) is 33.3 Å². The first-order chi connectivity index (χ1) is 8.80. The van der Waals surface area contributed by atoms with Gasteiger partial charge in [0.1, 0.15) is 0 Å².